The standard InChI is InChI=1S/C18H21N3O3S2/c1-11-7-8-14(25-11)17(23)19-10-16(22)20-21-18(24)15-9-12-5-3-2-4-6-13(12)26-15/h7-9H,2-6,10H2,1H3,(H,19,23)(H,20,22)(H,21,24). The minimum Gasteiger partial charge on any atom is -0.342 e. The van der Waals surface area contributed by atoms with Gasteiger partial charge < -0.3 is 5.32 Å². The molecule has 0 bridgehead atoms. The summed E-state index contributed by atoms with van der Waals surface area (Å²) in [4.78, 5) is 39.4. The van der Waals surface area contributed by atoms with Crippen molar-refractivity contribution in [3.8, 4) is 0 Å². The zero-order chi connectivity index (χ0) is 18.5. The summed E-state index contributed by atoms with van der Waals surface area (Å²) in [6, 6.07) is 5.49. The fraction of sp³-hybridized carbons (Fsp3) is 0.389. The molecule has 2 heterocycles. The molecule has 0 fully saturated rings. The second-order valence-electron chi connectivity index (χ2n) is 6.21. The van der Waals surface area contributed by atoms with Crippen molar-refractivity contribution in [1.82, 2.24) is 16.2 Å². The molecule has 1 aliphatic rings. The van der Waals surface area contributed by atoms with Crippen LogP contribution in [0.4, 0.5) is 0 Å². The Morgan fingerprint density at radius 2 is 1.77 bits per heavy atom. The van der Waals surface area contributed by atoms with Crippen molar-refractivity contribution in [2.24, 2.45) is 0 Å². The first-order valence-corrected chi connectivity index (χ1v) is 10.2. The van der Waals surface area contributed by atoms with Crippen molar-refractivity contribution >= 4 is 40.4 Å². The number of hydrogen-bond donors (Lipinski definition) is 3. The van der Waals surface area contributed by atoms with Crippen LogP contribution in [0.3, 0.4) is 0 Å². The maximum Gasteiger partial charge on any atom is 0.279 e. The number of hydrazine groups is 1. The molecule has 138 valence electrons. The minimum atomic E-state index is -0.474. The Kier molecular flexibility index (Phi) is 6.05. The molecule has 0 unspecified atom stereocenters. The van der Waals surface area contributed by atoms with Crippen molar-refractivity contribution in [2.45, 2.75) is 39.0 Å². The van der Waals surface area contributed by atoms with Gasteiger partial charge in [-0.1, -0.05) is 6.42 Å². The lowest BCUT2D eigenvalue weighted by molar-refractivity contribution is -0.120. The summed E-state index contributed by atoms with van der Waals surface area (Å²) in [6.07, 6.45) is 5.59. The first-order chi connectivity index (χ1) is 12.5. The van der Waals surface area contributed by atoms with Gasteiger partial charge in [0.05, 0.1) is 16.3 Å². The number of fused-ring (bicyclic) bond motifs is 1. The van der Waals surface area contributed by atoms with E-state index in [0.29, 0.717) is 9.75 Å². The Morgan fingerprint density at radius 1 is 0.962 bits per heavy atom. The first kappa shape index (κ1) is 18.6. The molecular formula is C18H21N3O3S2. The zero-order valence-electron chi connectivity index (χ0n) is 14.5. The van der Waals surface area contributed by atoms with Crippen molar-refractivity contribution in [2.75, 3.05) is 6.54 Å². The molecule has 0 spiro atoms. The van der Waals surface area contributed by atoms with Gasteiger partial charge in [0, 0.05) is 9.75 Å². The van der Waals surface area contributed by atoms with E-state index in [1.807, 2.05) is 19.1 Å². The third-order valence-corrected chi connectivity index (χ3v) is 6.39. The molecule has 0 atom stereocenters. The van der Waals surface area contributed by atoms with Crippen LogP contribution in [0.15, 0.2) is 18.2 Å². The Labute approximate surface area is 160 Å². The maximum absolute atomic E-state index is 12.2. The van der Waals surface area contributed by atoms with Crippen molar-refractivity contribution in [3.05, 3.63) is 43.3 Å². The quantitative estimate of drug-likeness (QED) is 0.553. The lowest BCUT2D eigenvalue weighted by Gasteiger charge is -2.07. The zero-order valence-corrected chi connectivity index (χ0v) is 16.1. The molecule has 0 radical (unpaired) electrons. The summed E-state index contributed by atoms with van der Waals surface area (Å²) in [5.74, 6) is -1.10. The second kappa shape index (κ2) is 8.46. The molecule has 0 saturated carbocycles. The van der Waals surface area contributed by atoms with Gasteiger partial charge in [-0.25, -0.2) is 0 Å². The van der Waals surface area contributed by atoms with Gasteiger partial charge >= 0.3 is 0 Å². The molecular weight excluding hydrogens is 370 g/mol. The van der Waals surface area contributed by atoms with Gasteiger partial charge in [-0.05, 0) is 56.4 Å². The molecule has 0 saturated heterocycles. The first-order valence-electron chi connectivity index (χ1n) is 8.58. The molecule has 3 N–H and O–H groups in total. The molecule has 0 aliphatic heterocycles. The second-order valence-corrected chi connectivity index (χ2v) is 8.64. The van der Waals surface area contributed by atoms with E-state index in [9.17, 15) is 14.4 Å². The summed E-state index contributed by atoms with van der Waals surface area (Å²) in [5.41, 5.74) is 6.01. The van der Waals surface area contributed by atoms with Crippen molar-refractivity contribution in [3.63, 3.8) is 0 Å². The van der Waals surface area contributed by atoms with Crippen LogP contribution in [0.1, 0.15) is 53.9 Å². The summed E-state index contributed by atoms with van der Waals surface area (Å²) in [5, 5.41) is 2.53. The molecule has 8 heteroatoms. The predicted octanol–water partition coefficient (Wildman–Crippen LogP) is 2.58. The molecule has 6 nitrogen and oxygen atoms in total. The largest absolute Gasteiger partial charge is 0.342 e. The van der Waals surface area contributed by atoms with E-state index in [0.717, 1.165) is 30.6 Å². The summed E-state index contributed by atoms with van der Waals surface area (Å²) in [7, 11) is 0. The number of carbonyl (C=O) groups is 3. The van der Waals surface area contributed by atoms with Crippen LogP contribution in [-0.2, 0) is 17.6 Å². The predicted molar refractivity (Wildman–Crippen MR) is 103 cm³/mol. The fourth-order valence-electron chi connectivity index (χ4n) is 2.82. The van der Waals surface area contributed by atoms with Crippen LogP contribution >= 0.6 is 22.7 Å². The number of hydrogen-bond acceptors (Lipinski definition) is 5. The summed E-state index contributed by atoms with van der Waals surface area (Å²) in [6.45, 7) is 1.71. The topological polar surface area (TPSA) is 87.3 Å². The lowest BCUT2D eigenvalue weighted by atomic mass is 10.1. The van der Waals surface area contributed by atoms with Crippen LogP contribution in [0, 0.1) is 6.92 Å². The number of carbonyl (C=O) groups excluding carboxylic acids is 3. The average Bonchev–Trinajstić information content (AvgIpc) is 3.18. The summed E-state index contributed by atoms with van der Waals surface area (Å²) < 4.78 is 0. The lowest BCUT2D eigenvalue weighted by Crippen LogP contribution is -2.46. The number of amides is 3. The van der Waals surface area contributed by atoms with Gasteiger partial charge in [-0.15, -0.1) is 22.7 Å². The molecule has 2 aromatic rings. The normalized spacial score (nSPS) is 13.4. The van der Waals surface area contributed by atoms with Crippen LogP contribution in [-0.4, -0.2) is 24.3 Å². The van der Waals surface area contributed by atoms with Gasteiger partial charge in [0.1, 0.15) is 0 Å². The van der Waals surface area contributed by atoms with Gasteiger partial charge in [-0.3, -0.25) is 25.2 Å². The van der Waals surface area contributed by atoms with Crippen LogP contribution in [0.25, 0.3) is 0 Å². The molecule has 3 rings (SSSR count). The highest BCUT2D eigenvalue weighted by molar-refractivity contribution is 7.14. The molecule has 26 heavy (non-hydrogen) atoms. The van der Waals surface area contributed by atoms with Gasteiger partial charge in [0.2, 0.25) is 0 Å². The highest BCUT2D eigenvalue weighted by atomic mass is 32.1. The van der Waals surface area contributed by atoms with E-state index >= 15 is 0 Å². The number of nitrogens with one attached hydrogen (secondary N) is 3. The Bertz CT molecular complexity index is 802. The van der Waals surface area contributed by atoms with Crippen molar-refractivity contribution < 1.29 is 14.4 Å². The Hall–Kier alpha value is -2.19. The van der Waals surface area contributed by atoms with Gasteiger partial charge in [0.25, 0.3) is 17.7 Å². The van der Waals surface area contributed by atoms with E-state index in [-0.39, 0.29) is 18.4 Å². The van der Waals surface area contributed by atoms with E-state index in [1.165, 1.54) is 39.5 Å². The molecule has 1 aliphatic carbocycles. The van der Waals surface area contributed by atoms with E-state index in [4.69, 9.17) is 0 Å². The van der Waals surface area contributed by atoms with Crippen LogP contribution in [0.5, 0.6) is 0 Å². The average molecular weight is 392 g/mol. The van der Waals surface area contributed by atoms with E-state index < -0.39 is 5.91 Å². The molecule has 0 aromatic carbocycles. The summed E-state index contributed by atoms with van der Waals surface area (Å²) >= 11 is 2.86. The third kappa shape index (κ3) is 4.70. The minimum absolute atomic E-state index is 0.197. The Balaban J connectivity index is 1.45. The van der Waals surface area contributed by atoms with Gasteiger partial charge in [-0.2, -0.15) is 0 Å². The smallest absolute Gasteiger partial charge is 0.279 e. The van der Waals surface area contributed by atoms with Crippen molar-refractivity contribution in [1.29, 1.82) is 0 Å². The van der Waals surface area contributed by atoms with Gasteiger partial charge in [0.15, 0.2) is 0 Å². The number of aryl methyl sites for hydroxylation is 3. The van der Waals surface area contributed by atoms with E-state index in [1.54, 1.807) is 6.07 Å². The highest BCUT2D eigenvalue weighted by Gasteiger charge is 2.17. The SMILES string of the molecule is Cc1ccc(C(=O)NCC(=O)NNC(=O)c2cc3c(s2)CCCCC3)s1. The monoisotopic (exact) mass is 391 g/mol. The molecule has 2 aromatic heterocycles. The van der Waals surface area contributed by atoms with Crippen LogP contribution < -0.4 is 16.2 Å². The number of thiophene rings is 2. The Morgan fingerprint density at radius 3 is 2.54 bits per heavy atom. The highest BCUT2D eigenvalue weighted by Crippen LogP contribution is 2.28. The molecule has 3 amide bonds. The maximum atomic E-state index is 12.2. The van der Waals surface area contributed by atoms with Crippen LogP contribution in [0.2, 0.25) is 0 Å². The fourth-order valence-corrected chi connectivity index (χ4v) is 4.75. The third-order valence-electron chi connectivity index (χ3n) is 4.16. The van der Waals surface area contributed by atoms with E-state index in [2.05, 4.69) is 16.2 Å². The number of rotatable bonds is 4.